The second kappa shape index (κ2) is 6.12. The smallest absolute Gasteiger partial charge is 0.0755 e. The molecule has 0 bridgehead atoms. The van der Waals surface area contributed by atoms with Gasteiger partial charge in [-0.25, -0.2) is 4.68 Å². The zero-order chi connectivity index (χ0) is 14.7. The Morgan fingerprint density at radius 3 is 2.62 bits per heavy atom. The van der Waals surface area contributed by atoms with Crippen molar-refractivity contribution < 1.29 is 0 Å². The van der Waals surface area contributed by atoms with Crippen molar-refractivity contribution in [2.75, 3.05) is 7.05 Å². The molecule has 0 amide bonds. The third kappa shape index (κ3) is 2.84. The zero-order valence-corrected chi connectivity index (χ0v) is 12.5. The molecule has 0 fully saturated rings. The number of para-hydroxylation sites is 1. The lowest BCUT2D eigenvalue weighted by Crippen LogP contribution is -2.05. The number of nitrogens with zero attached hydrogens (tertiary/aromatic N) is 2. The molecule has 0 spiro atoms. The van der Waals surface area contributed by atoms with Crippen LogP contribution in [0.25, 0.3) is 16.9 Å². The highest BCUT2D eigenvalue weighted by Crippen LogP contribution is 2.30. The van der Waals surface area contributed by atoms with Gasteiger partial charge in [-0.2, -0.15) is 5.10 Å². The second-order valence-corrected chi connectivity index (χ2v) is 5.22. The molecule has 1 aromatic heterocycles. The molecule has 106 valence electrons. The minimum absolute atomic E-state index is 0.737. The van der Waals surface area contributed by atoms with E-state index >= 15 is 0 Å². The predicted molar refractivity (Wildman–Crippen MR) is 86.8 cm³/mol. The third-order valence-corrected chi connectivity index (χ3v) is 3.65. The lowest BCUT2D eigenvalue weighted by molar-refractivity contribution is 0.818. The molecule has 2 aromatic carbocycles. The maximum Gasteiger partial charge on any atom is 0.0755 e. The minimum Gasteiger partial charge on any atom is -0.316 e. The van der Waals surface area contributed by atoms with Crippen molar-refractivity contribution in [1.82, 2.24) is 15.1 Å². The van der Waals surface area contributed by atoms with Crippen LogP contribution in [0.15, 0.2) is 60.8 Å². The van der Waals surface area contributed by atoms with Gasteiger partial charge in [-0.15, -0.1) is 0 Å². The largest absolute Gasteiger partial charge is 0.316 e. The van der Waals surface area contributed by atoms with E-state index in [1.165, 1.54) is 0 Å². The molecule has 0 saturated heterocycles. The van der Waals surface area contributed by atoms with Gasteiger partial charge in [-0.1, -0.05) is 41.9 Å². The number of rotatable bonds is 4. The van der Waals surface area contributed by atoms with Gasteiger partial charge in [0.15, 0.2) is 0 Å². The molecule has 1 heterocycles. The number of nitrogens with one attached hydrogen (secondary N) is 1. The van der Waals surface area contributed by atoms with Crippen LogP contribution < -0.4 is 5.32 Å². The molecule has 0 unspecified atom stereocenters. The van der Waals surface area contributed by atoms with Crippen LogP contribution in [0.3, 0.4) is 0 Å². The first kappa shape index (κ1) is 13.9. The Balaban J connectivity index is 2.04. The van der Waals surface area contributed by atoms with Gasteiger partial charge in [0.05, 0.1) is 22.6 Å². The quantitative estimate of drug-likeness (QED) is 0.791. The lowest BCUT2D eigenvalue weighted by Gasteiger charge is -2.10. The fourth-order valence-electron chi connectivity index (χ4n) is 2.36. The standard InChI is InChI=1S/C17H16ClN3/c1-19-12-13-7-8-15(16(18)11-13)17-9-10-20-21(17)14-5-3-2-4-6-14/h2-11,19H,12H2,1H3. The topological polar surface area (TPSA) is 29.9 Å². The molecule has 21 heavy (non-hydrogen) atoms. The summed E-state index contributed by atoms with van der Waals surface area (Å²) in [7, 11) is 1.92. The molecular weight excluding hydrogens is 282 g/mol. The van der Waals surface area contributed by atoms with E-state index in [4.69, 9.17) is 11.6 Å². The maximum atomic E-state index is 6.45. The molecule has 0 atom stereocenters. The number of aromatic nitrogens is 2. The molecule has 0 saturated carbocycles. The Bertz CT molecular complexity index is 735. The van der Waals surface area contributed by atoms with E-state index in [1.54, 1.807) is 6.20 Å². The Kier molecular flexibility index (Phi) is 4.04. The van der Waals surface area contributed by atoms with E-state index in [-0.39, 0.29) is 0 Å². The van der Waals surface area contributed by atoms with E-state index in [9.17, 15) is 0 Å². The summed E-state index contributed by atoms with van der Waals surface area (Å²) < 4.78 is 1.90. The Labute approximate surface area is 129 Å². The van der Waals surface area contributed by atoms with Gasteiger partial charge in [0.1, 0.15) is 0 Å². The van der Waals surface area contributed by atoms with Crippen molar-refractivity contribution in [3.05, 3.63) is 71.4 Å². The molecular formula is C17H16ClN3. The number of halogens is 1. The molecule has 3 rings (SSSR count). The van der Waals surface area contributed by atoms with Gasteiger partial charge in [-0.3, -0.25) is 0 Å². The van der Waals surface area contributed by atoms with Gasteiger partial charge in [0.25, 0.3) is 0 Å². The normalized spacial score (nSPS) is 10.8. The number of benzene rings is 2. The summed E-state index contributed by atoms with van der Waals surface area (Å²) in [5.41, 5.74) is 4.16. The highest BCUT2D eigenvalue weighted by atomic mass is 35.5. The van der Waals surface area contributed by atoms with E-state index in [0.717, 1.165) is 34.1 Å². The summed E-state index contributed by atoms with van der Waals surface area (Å²) in [5.74, 6) is 0. The second-order valence-electron chi connectivity index (χ2n) is 4.81. The predicted octanol–water partition coefficient (Wildman–Crippen LogP) is 3.91. The average molecular weight is 298 g/mol. The first-order chi connectivity index (χ1) is 10.3. The van der Waals surface area contributed by atoms with Crippen LogP contribution in [0.5, 0.6) is 0 Å². The summed E-state index contributed by atoms with van der Waals surface area (Å²) in [6.07, 6.45) is 1.79. The molecule has 4 heteroatoms. The molecule has 1 N–H and O–H groups in total. The first-order valence-electron chi connectivity index (χ1n) is 6.82. The summed E-state index contributed by atoms with van der Waals surface area (Å²) in [5, 5.41) is 8.27. The van der Waals surface area contributed by atoms with Gasteiger partial charge in [0, 0.05) is 12.1 Å². The summed E-state index contributed by atoms with van der Waals surface area (Å²) in [6, 6.07) is 18.1. The minimum atomic E-state index is 0.737. The fourth-order valence-corrected chi connectivity index (χ4v) is 2.66. The van der Waals surface area contributed by atoms with Crippen molar-refractivity contribution in [2.24, 2.45) is 0 Å². The third-order valence-electron chi connectivity index (χ3n) is 3.33. The molecule has 0 aliphatic carbocycles. The highest BCUT2D eigenvalue weighted by molar-refractivity contribution is 6.33. The van der Waals surface area contributed by atoms with E-state index < -0.39 is 0 Å². The van der Waals surface area contributed by atoms with Crippen LogP contribution in [-0.2, 0) is 6.54 Å². The van der Waals surface area contributed by atoms with Crippen molar-refractivity contribution >= 4 is 11.6 Å². The average Bonchev–Trinajstić information content (AvgIpc) is 2.98. The SMILES string of the molecule is CNCc1ccc(-c2ccnn2-c2ccccc2)c(Cl)c1. The summed E-state index contributed by atoms with van der Waals surface area (Å²) in [6.45, 7) is 0.804. The zero-order valence-electron chi connectivity index (χ0n) is 11.8. The molecule has 0 aliphatic heterocycles. The molecule has 3 nitrogen and oxygen atoms in total. The Hall–Kier alpha value is -2.10. The Morgan fingerprint density at radius 2 is 1.90 bits per heavy atom. The van der Waals surface area contributed by atoms with Crippen LogP contribution >= 0.6 is 11.6 Å². The van der Waals surface area contributed by atoms with Gasteiger partial charge in [0.2, 0.25) is 0 Å². The van der Waals surface area contributed by atoms with Gasteiger partial charge >= 0.3 is 0 Å². The molecule has 0 aliphatic rings. The number of hydrogen-bond donors (Lipinski definition) is 1. The van der Waals surface area contributed by atoms with Gasteiger partial charge in [-0.05, 0) is 36.9 Å². The molecule has 0 radical (unpaired) electrons. The van der Waals surface area contributed by atoms with Crippen molar-refractivity contribution in [3.63, 3.8) is 0 Å². The van der Waals surface area contributed by atoms with E-state index in [2.05, 4.69) is 16.5 Å². The van der Waals surface area contributed by atoms with Crippen LogP contribution in [-0.4, -0.2) is 16.8 Å². The van der Waals surface area contributed by atoms with Crippen molar-refractivity contribution in [3.8, 4) is 16.9 Å². The summed E-state index contributed by atoms with van der Waals surface area (Å²) >= 11 is 6.45. The van der Waals surface area contributed by atoms with Crippen LogP contribution in [0.4, 0.5) is 0 Å². The first-order valence-corrected chi connectivity index (χ1v) is 7.20. The molecule has 3 aromatic rings. The van der Waals surface area contributed by atoms with Crippen molar-refractivity contribution in [1.29, 1.82) is 0 Å². The van der Waals surface area contributed by atoms with Crippen LogP contribution in [0.1, 0.15) is 5.56 Å². The summed E-state index contributed by atoms with van der Waals surface area (Å²) in [4.78, 5) is 0. The fraction of sp³-hybridized carbons (Fsp3) is 0.118. The van der Waals surface area contributed by atoms with Crippen LogP contribution in [0, 0.1) is 0 Å². The van der Waals surface area contributed by atoms with E-state index in [0.29, 0.717) is 0 Å². The van der Waals surface area contributed by atoms with Crippen molar-refractivity contribution in [2.45, 2.75) is 6.54 Å². The monoisotopic (exact) mass is 297 g/mol. The number of hydrogen-bond acceptors (Lipinski definition) is 2. The van der Waals surface area contributed by atoms with Gasteiger partial charge < -0.3 is 5.32 Å². The Morgan fingerprint density at radius 1 is 1.10 bits per heavy atom. The van der Waals surface area contributed by atoms with Crippen LogP contribution in [0.2, 0.25) is 5.02 Å². The van der Waals surface area contributed by atoms with E-state index in [1.807, 2.05) is 60.3 Å². The maximum absolute atomic E-state index is 6.45. The lowest BCUT2D eigenvalue weighted by atomic mass is 10.1. The highest BCUT2D eigenvalue weighted by Gasteiger charge is 2.11.